The zero-order chi connectivity index (χ0) is 16.1. The molecule has 1 aliphatic rings. The first-order valence-corrected chi connectivity index (χ1v) is 8.24. The standard InChI is InChI=1S/C16H21ClN6.HI/c1-18-16(19-8-7-12-4-2-5-13(17)10-12)20-11-15-22-21-14-6-3-9-23(14)15;/h2,4-5,10H,3,6-9,11H2,1H3,(H2,18,19,20);1H. The third-order valence-electron chi connectivity index (χ3n) is 3.92. The normalized spacial score (nSPS) is 13.3. The lowest BCUT2D eigenvalue weighted by atomic mass is 10.1. The molecular weight excluding hydrogens is 439 g/mol. The van der Waals surface area contributed by atoms with Crippen LogP contribution in [0.15, 0.2) is 29.3 Å². The molecule has 0 unspecified atom stereocenters. The molecule has 2 heterocycles. The van der Waals surface area contributed by atoms with Gasteiger partial charge in [0.15, 0.2) is 11.8 Å². The van der Waals surface area contributed by atoms with Crippen LogP contribution in [0.25, 0.3) is 0 Å². The Morgan fingerprint density at radius 2 is 2.21 bits per heavy atom. The van der Waals surface area contributed by atoms with Crippen LogP contribution in [0, 0.1) is 0 Å². The number of benzene rings is 1. The quantitative estimate of drug-likeness (QED) is 0.408. The maximum absolute atomic E-state index is 6.00. The number of nitrogens with one attached hydrogen (secondary N) is 2. The van der Waals surface area contributed by atoms with Gasteiger partial charge in [0, 0.05) is 31.6 Å². The maximum atomic E-state index is 6.00. The molecule has 0 aliphatic carbocycles. The van der Waals surface area contributed by atoms with E-state index in [0.29, 0.717) is 6.54 Å². The predicted octanol–water partition coefficient (Wildman–Crippen LogP) is 2.40. The van der Waals surface area contributed by atoms with Crippen molar-refractivity contribution in [1.82, 2.24) is 25.4 Å². The van der Waals surface area contributed by atoms with Crippen molar-refractivity contribution in [1.29, 1.82) is 0 Å². The van der Waals surface area contributed by atoms with Crippen LogP contribution in [0.1, 0.15) is 23.6 Å². The molecule has 1 aliphatic heterocycles. The molecule has 0 fully saturated rings. The van der Waals surface area contributed by atoms with Gasteiger partial charge >= 0.3 is 0 Å². The number of nitrogens with zero attached hydrogens (tertiary/aromatic N) is 4. The molecule has 0 radical (unpaired) electrons. The summed E-state index contributed by atoms with van der Waals surface area (Å²) in [5.41, 5.74) is 1.20. The Balaban J connectivity index is 0.00000208. The Morgan fingerprint density at radius 1 is 1.33 bits per heavy atom. The second-order valence-electron chi connectivity index (χ2n) is 5.52. The highest BCUT2D eigenvalue weighted by Gasteiger charge is 2.16. The summed E-state index contributed by atoms with van der Waals surface area (Å²) < 4.78 is 2.19. The van der Waals surface area contributed by atoms with Crippen molar-refractivity contribution >= 4 is 41.5 Å². The number of aliphatic imine (C=N–C) groups is 1. The van der Waals surface area contributed by atoms with Crippen LogP contribution in [-0.4, -0.2) is 34.3 Å². The lowest BCUT2D eigenvalue weighted by Gasteiger charge is -2.12. The van der Waals surface area contributed by atoms with Crippen LogP contribution in [0.3, 0.4) is 0 Å². The summed E-state index contributed by atoms with van der Waals surface area (Å²) in [5.74, 6) is 2.82. The lowest BCUT2D eigenvalue weighted by molar-refractivity contribution is 0.662. The van der Waals surface area contributed by atoms with E-state index in [1.807, 2.05) is 18.2 Å². The summed E-state index contributed by atoms with van der Waals surface area (Å²) in [5, 5.41) is 15.8. The van der Waals surface area contributed by atoms with E-state index in [1.54, 1.807) is 7.05 Å². The summed E-state index contributed by atoms with van der Waals surface area (Å²) >= 11 is 6.00. The molecule has 6 nitrogen and oxygen atoms in total. The first kappa shape index (κ1) is 19.0. The number of rotatable bonds is 5. The fraction of sp³-hybridized carbons (Fsp3) is 0.438. The summed E-state index contributed by atoms with van der Waals surface area (Å²) in [7, 11) is 1.77. The zero-order valence-corrected chi connectivity index (χ0v) is 16.7. The smallest absolute Gasteiger partial charge is 0.191 e. The summed E-state index contributed by atoms with van der Waals surface area (Å²) in [6.07, 6.45) is 3.08. The zero-order valence-electron chi connectivity index (χ0n) is 13.6. The highest BCUT2D eigenvalue weighted by molar-refractivity contribution is 14.0. The summed E-state index contributed by atoms with van der Waals surface area (Å²) in [6.45, 7) is 2.43. The molecule has 0 saturated heterocycles. The van der Waals surface area contributed by atoms with Gasteiger partial charge in [0.05, 0.1) is 6.54 Å². The molecule has 0 spiro atoms. The molecule has 8 heteroatoms. The number of guanidine groups is 1. The average molecular weight is 461 g/mol. The largest absolute Gasteiger partial charge is 0.356 e. The van der Waals surface area contributed by atoms with Gasteiger partial charge in [0.1, 0.15) is 5.82 Å². The van der Waals surface area contributed by atoms with Gasteiger partial charge in [-0.1, -0.05) is 23.7 Å². The van der Waals surface area contributed by atoms with Gasteiger partial charge in [-0.25, -0.2) is 0 Å². The fourth-order valence-corrected chi connectivity index (χ4v) is 2.96. The van der Waals surface area contributed by atoms with Crippen LogP contribution in [0.4, 0.5) is 0 Å². The molecule has 2 aromatic rings. The van der Waals surface area contributed by atoms with E-state index >= 15 is 0 Å². The van der Waals surface area contributed by atoms with Crippen molar-refractivity contribution in [3.8, 4) is 0 Å². The molecule has 2 N–H and O–H groups in total. The Kier molecular flexibility index (Phi) is 7.29. The second kappa shape index (κ2) is 9.22. The molecular formula is C16H22ClIN6. The minimum absolute atomic E-state index is 0. The average Bonchev–Trinajstić information content (AvgIpc) is 3.15. The monoisotopic (exact) mass is 460 g/mol. The molecule has 0 bridgehead atoms. The first-order valence-electron chi connectivity index (χ1n) is 7.86. The van der Waals surface area contributed by atoms with Gasteiger partial charge in [-0.15, -0.1) is 34.2 Å². The van der Waals surface area contributed by atoms with E-state index in [2.05, 4.69) is 36.5 Å². The van der Waals surface area contributed by atoms with Gasteiger partial charge in [-0.05, 0) is 30.5 Å². The number of aromatic nitrogens is 3. The van der Waals surface area contributed by atoms with Crippen LogP contribution < -0.4 is 10.6 Å². The van der Waals surface area contributed by atoms with E-state index in [-0.39, 0.29) is 24.0 Å². The summed E-state index contributed by atoms with van der Waals surface area (Å²) in [6, 6.07) is 7.91. The van der Waals surface area contributed by atoms with Crippen molar-refractivity contribution < 1.29 is 0 Å². The molecule has 24 heavy (non-hydrogen) atoms. The third-order valence-corrected chi connectivity index (χ3v) is 4.15. The maximum Gasteiger partial charge on any atom is 0.191 e. The van der Waals surface area contributed by atoms with Gasteiger partial charge in [0.2, 0.25) is 0 Å². The van der Waals surface area contributed by atoms with Crippen molar-refractivity contribution in [2.75, 3.05) is 13.6 Å². The Morgan fingerprint density at radius 3 is 3.00 bits per heavy atom. The minimum Gasteiger partial charge on any atom is -0.356 e. The number of hydrogen-bond donors (Lipinski definition) is 2. The van der Waals surface area contributed by atoms with E-state index in [0.717, 1.165) is 55.0 Å². The van der Waals surface area contributed by atoms with E-state index in [1.165, 1.54) is 5.56 Å². The number of halogens is 2. The first-order chi connectivity index (χ1) is 11.3. The van der Waals surface area contributed by atoms with Crippen LogP contribution in [0.2, 0.25) is 5.02 Å². The molecule has 130 valence electrons. The molecule has 1 aromatic heterocycles. The predicted molar refractivity (Wildman–Crippen MR) is 107 cm³/mol. The van der Waals surface area contributed by atoms with Gasteiger partial charge in [0.25, 0.3) is 0 Å². The van der Waals surface area contributed by atoms with E-state index < -0.39 is 0 Å². The number of aryl methyl sites for hydroxylation is 1. The molecule has 0 amide bonds. The van der Waals surface area contributed by atoms with Gasteiger partial charge < -0.3 is 15.2 Å². The highest BCUT2D eigenvalue weighted by Crippen LogP contribution is 2.13. The van der Waals surface area contributed by atoms with E-state index in [9.17, 15) is 0 Å². The van der Waals surface area contributed by atoms with E-state index in [4.69, 9.17) is 11.6 Å². The Hall–Kier alpha value is -1.35. The summed E-state index contributed by atoms with van der Waals surface area (Å²) in [4.78, 5) is 4.24. The second-order valence-corrected chi connectivity index (χ2v) is 5.96. The molecule has 3 rings (SSSR count). The van der Waals surface area contributed by atoms with Gasteiger partial charge in [-0.2, -0.15) is 0 Å². The Bertz CT molecular complexity index is 700. The molecule has 0 saturated carbocycles. The van der Waals surface area contributed by atoms with Crippen molar-refractivity contribution in [2.24, 2.45) is 4.99 Å². The molecule has 0 atom stereocenters. The number of fused-ring (bicyclic) bond motifs is 1. The SMILES string of the molecule is CN=C(NCCc1cccc(Cl)c1)NCc1nnc2n1CCC2.I. The van der Waals surface area contributed by atoms with Crippen LogP contribution in [-0.2, 0) is 25.9 Å². The third kappa shape index (κ3) is 4.83. The van der Waals surface area contributed by atoms with Crippen molar-refractivity contribution in [2.45, 2.75) is 32.4 Å². The molecule has 1 aromatic carbocycles. The highest BCUT2D eigenvalue weighted by atomic mass is 127. The lowest BCUT2D eigenvalue weighted by Crippen LogP contribution is -2.38. The fourth-order valence-electron chi connectivity index (χ4n) is 2.74. The van der Waals surface area contributed by atoms with Crippen LogP contribution >= 0.6 is 35.6 Å². The van der Waals surface area contributed by atoms with Crippen molar-refractivity contribution in [3.05, 3.63) is 46.5 Å². The Labute approximate surface area is 164 Å². The van der Waals surface area contributed by atoms with Gasteiger partial charge in [-0.3, -0.25) is 4.99 Å². The topological polar surface area (TPSA) is 67.1 Å². The van der Waals surface area contributed by atoms with Crippen LogP contribution in [0.5, 0.6) is 0 Å². The minimum atomic E-state index is 0. The van der Waals surface area contributed by atoms with Crippen molar-refractivity contribution in [3.63, 3.8) is 0 Å². The number of hydrogen-bond acceptors (Lipinski definition) is 3.